The normalized spacial score (nSPS) is 12.4. The lowest BCUT2D eigenvalue weighted by Gasteiger charge is -2.08. The van der Waals surface area contributed by atoms with E-state index in [1.54, 1.807) is 6.26 Å². The molecular weight excluding hydrogens is 198 g/mol. The van der Waals surface area contributed by atoms with Gasteiger partial charge in [-0.15, -0.1) is 0 Å². The Balaban J connectivity index is 2.53. The number of rotatable bonds is 5. The van der Waals surface area contributed by atoms with Gasteiger partial charge in [0.05, 0.1) is 12.4 Å². The lowest BCUT2D eigenvalue weighted by atomic mass is 10.2. The third-order valence-corrected chi connectivity index (χ3v) is 2.56. The summed E-state index contributed by atoms with van der Waals surface area (Å²) in [7, 11) is -0.804. The van der Waals surface area contributed by atoms with Gasteiger partial charge in [0, 0.05) is 29.2 Å². The molecule has 2 N–H and O–H groups in total. The van der Waals surface area contributed by atoms with E-state index in [1.807, 2.05) is 24.3 Å². The molecule has 1 aromatic rings. The summed E-state index contributed by atoms with van der Waals surface area (Å²) >= 11 is 0. The van der Waals surface area contributed by atoms with Crippen molar-refractivity contribution in [3.8, 4) is 5.75 Å². The Morgan fingerprint density at radius 1 is 1.43 bits per heavy atom. The monoisotopic (exact) mass is 213 g/mol. The van der Waals surface area contributed by atoms with E-state index in [2.05, 4.69) is 0 Å². The van der Waals surface area contributed by atoms with E-state index in [4.69, 9.17) is 10.5 Å². The predicted molar refractivity (Wildman–Crippen MR) is 58.8 cm³/mol. The Morgan fingerprint density at radius 3 is 2.79 bits per heavy atom. The Kier molecular flexibility index (Phi) is 4.62. The topological polar surface area (TPSA) is 52.3 Å². The minimum absolute atomic E-state index is 0.464. The highest BCUT2D eigenvalue weighted by Gasteiger charge is 2.00. The largest absolute Gasteiger partial charge is 0.492 e. The SMILES string of the molecule is CS(=O)CCOc1ccccc1CN. The molecule has 0 radical (unpaired) electrons. The van der Waals surface area contributed by atoms with Gasteiger partial charge in [-0.1, -0.05) is 18.2 Å². The van der Waals surface area contributed by atoms with Crippen molar-refractivity contribution < 1.29 is 8.95 Å². The summed E-state index contributed by atoms with van der Waals surface area (Å²) in [5.41, 5.74) is 6.52. The molecule has 78 valence electrons. The second-order valence-electron chi connectivity index (χ2n) is 2.94. The van der Waals surface area contributed by atoms with Gasteiger partial charge in [0.25, 0.3) is 0 Å². The molecular formula is C10H15NO2S. The molecule has 1 rings (SSSR count). The van der Waals surface area contributed by atoms with Crippen molar-refractivity contribution in [2.45, 2.75) is 6.54 Å². The fourth-order valence-electron chi connectivity index (χ4n) is 1.08. The molecule has 0 spiro atoms. The minimum Gasteiger partial charge on any atom is -0.492 e. The number of hydrogen-bond acceptors (Lipinski definition) is 3. The van der Waals surface area contributed by atoms with Gasteiger partial charge in [0.1, 0.15) is 5.75 Å². The van der Waals surface area contributed by atoms with Crippen LogP contribution in [0.15, 0.2) is 24.3 Å². The summed E-state index contributed by atoms with van der Waals surface area (Å²) in [6, 6.07) is 7.63. The van der Waals surface area contributed by atoms with Crippen LogP contribution in [0.5, 0.6) is 5.75 Å². The van der Waals surface area contributed by atoms with Gasteiger partial charge < -0.3 is 10.5 Å². The van der Waals surface area contributed by atoms with Gasteiger partial charge in [0.2, 0.25) is 0 Å². The van der Waals surface area contributed by atoms with Crippen molar-refractivity contribution in [2.75, 3.05) is 18.6 Å². The van der Waals surface area contributed by atoms with Crippen molar-refractivity contribution >= 4 is 10.8 Å². The van der Waals surface area contributed by atoms with Gasteiger partial charge in [0.15, 0.2) is 0 Å². The maximum atomic E-state index is 10.8. The minimum atomic E-state index is -0.804. The van der Waals surface area contributed by atoms with Crippen molar-refractivity contribution in [2.24, 2.45) is 5.73 Å². The van der Waals surface area contributed by atoms with Crippen LogP contribution in [-0.2, 0) is 17.3 Å². The maximum absolute atomic E-state index is 10.8. The molecule has 0 aliphatic rings. The first-order valence-electron chi connectivity index (χ1n) is 4.45. The summed E-state index contributed by atoms with van der Waals surface area (Å²) in [6.07, 6.45) is 1.66. The molecule has 0 saturated heterocycles. The van der Waals surface area contributed by atoms with Gasteiger partial charge in [-0.2, -0.15) is 0 Å². The summed E-state index contributed by atoms with van der Waals surface area (Å²) < 4.78 is 16.3. The van der Waals surface area contributed by atoms with Crippen molar-refractivity contribution in [3.63, 3.8) is 0 Å². The molecule has 0 aliphatic carbocycles. The molecule has 0 bridgehead atoms. The molecule has 3 nitrogen and oxygen atoms in total. The fraction of sp³-hybridized carbons (Fsp3) is 0.400. The van der Waals surface area contributed by atoms with Crippen LogP contribution in [-0.4, -0.2) is 22.8 Å². The summed E-state index contributed by atoms with van der Waals surface area (Å²) in [5, 5.41) is 0. The zero-order valence-corrected chi connectivity index (χ0v) is 9.05. The molecule has 4 heteroatoms. The maximum Gasteiger partial charge on any atom is 0.123 e. The highest BCUT2D eigenvalue weighted by molar-refractivity contribution is 7.84. The molecule has 0 aliphatic heterocycles. The summed E-state index contributed by atoms with van der Waals surface area (Å²) in [5.74, 6) is 1.35. The van der Waals surface area contributed by atoms with Crippen LogP contribution in [0.2, 0.25) is 0 Å². The first-order valence-corrected chi connectivity index (χ1v) is 6.17. The van der Waals surface area contributed by atoms with Gasteiger partial charge in [-0.25, -0.2) is 0 Å². The van der Waals surface area contributed by atoms with Crippen molar-refractivity contribution in [1.82, 2.24) is 0 Å². The van der Waals surface area contributed by atoms with Gasteiger partial charge in [-0.05, 0) is 6.07 Å². The van der Waals surface area contributed by atoms with Crippen LogP contribution in [0, 0.1) is 0 Å². The number of para-hydroxylation sites is 1. The Labute approximate surface area is 86.7 Å². The van der Waals surface area contributed by atoms with E-state index in [9.17, 15) is 4.21 Å². The number of hydrogen-bond donors (Lipinski definition) is 1. The molecule has 0 fully saturated rings. The molecule has 14 heavy (non-hydrogen) atoms. The number of ether oxygens (including phenoxy) is 1. The summed E-state index contributed by atoms with van der Waals surface area (Å²) in [6.45, 7) is 0.936. The first-order chi connectivity index (χ1) is 6.74. The highest BCUT2D eigenvalue weighted by atomic mass is 32.2. The van der Waals surface area contributed by atoms with E-state index in [0.29, 0.717) is 18.9 Å². The lowest BCUT2D eigenvalue weighted by Crippen LogP contribution is -2.09. The smallest absolute Gasteiger partial charge is 0.123 e. The first kappa shape index (κ1) is 11.2. The fourth-order valence-corrected chi connectivity index (χ4v) is 1.40. The molecule has 0 amide bonds. The van der Waals surface area contributed by atoms with Gasteiger partial charge >= 0.3 is 0 Å². The molecule has 0 heterocycles. The third-order valence-electron chi connectivity index (χ3n) is 1.82. The molecule has 1 atom stereocenters. The molecule has 0 aromatic heterocycles. The average molecular weight is 213 g/mol. The molecule has 1 unspecified atom stereocenters. The Hall–Kier alpha value is -0.870. The third kappa shape index (κ3) is 3.47. The van der Waals surface area contributed by atoms with Crippen LogP contribution in [0.1, 0.15) is 5.56 Å². The van der Waals surface area contributed by atoms with E-state index >= 15 is 0 Å². The molecule has 0 saturated carbocycles. The molecule has 1 aromatic carbocycles. The zero-order chi connectivity index (χ0) is 10.4. The van der Waals surface area contributed by atoms with E-state index in [-0.39, 0.29) is 0 Å². The van der Waals surface area contributed by atoms with Crippen LogP contribution in [0.3, 0.4) is 0 Å². The Morgan fingerprint density at radius 2 is 2.14 bits per heavy atom. The van der Waals surface area contributed by atoms with Crippen molar-refractivity contribution in [1.29, 1.82) is 0 Å². The quantitative estimate of drug-likeness (QED) is 0.790. The van der Waals surface area contributed by atoms with Crippen LogP contribution < -0.4 is 10.5 Å². The van der Waals surface area contributed by atoms with Crippen LogP contribution >= 0.6 is 0 Å². The van der Waals surface area contributed by atoms with Gasteiger partial charge in [-0.3, -0.25) is 4.21 Å². The predicted octanol–water partition coefficient (Wildman–Crippen LogP) is 0.903. The highest BCUT2D eigenvalue weighted by Crippen LogP contribution is 2.16. The average Bonchev–Trinajstić information content (AvgIpc) is 2.18. The standard InChI is InChI=1S/C10H15NO2S/c1-14(12)7-6-13-10-5-3-2-4-9(10)8-11/h2-5H,6-8,11H2,1H3. The number of benzene rings is 1. The van der Waals surface area contributed by atoms with Crippen LogP contribution in [0.25, 0.3) is 0 Å². The van der Waals surface area contributed by atoms with E-state index < -0.39 is 10.8 Å². The zero-order valence-electron chi connectivity index (χ0n) is 8.23. The van der Waals surface area contributed by atoms with E-state index in [1.165, 1.54) is 0 Å². The van der Waals surface area contributed by atoms with E-state index in [0.717, 1.165) is 11.3 Å². The van der Waals surface area contributed by atoms with Crippen LogP contribution in [0.4, 0.5) is 0 Å². The Bertz CT molecular complexity index is 315. The number of nitrogens with two attached hydrogens (primary N) is 1. The second-order valence-corrected chi connectivity index (χ2v) is 4.49. The van der Waals surface area contributed by atoms with Crippen molar-refractivity contribution in [3.05, 3.63) is 29.8 Å². The summed E-state index contributed by atoms with van der Waals surface area (Å²) in [4.78, 5) is 0. The lowest BCUT2D eigenvalue weighted by molar-refractivity contribution is 0.339. The second kappa shape index (κ2) is 5.78.